The van der Waals surface area contributed by atoms with Crippen molar-refractivity contribution in [3.63, 3.8) is 0 Å². The minimum absolute atomic E-state index is 0.440. The maximum Gasteiger partial charge on any atom is 0.0636 e. The maximum absolute atomic E-state index is 9.85. The lowest BCUT2D eigenvalue weighted by Crippen LogP contribution is -1.91. The Hall–Kier alpha value is -4.68. The highest BCUT2D eigenvalue weighted by Gasteiger charge is 2.17. The second kappa shape index (κ2) is 8.52. The van der Waals surface area contributed by atoms with Crippen LogP contribution in [0.15, 0.2) is 145 Å². The summed E-state index contributed by atoms with van der Waals surface area (Å²) in [6.07, 6.45) is 0. The van der Waals surface area contributed by atoms with Crippen LogP contribution in [0.4, 0.5) is 0 Å². The van der Waals surface area contributed by atoms with Gasteiger partial charge in [0.15, 0.2) is 0 Å². The minimum atomic E-state index is -0.953. The van der Waals surface area contributed by atoms with E-state index in [9.17, 15) is 5.48 Å². The number of fused-ring (bicyclic) bond motifs is 3. The average molecular weight is 480 g/mol. The van der Waals surface area contributed by atoms with Gasteiger partial charge >= 0.3 is 0 Å². The van der Waals surface area contributed by atoms with Crippen molar-refractivity contribution in [3.05, 3.63) is 145 Å². The Morgan fingerprint density at radius 1 is 0.361 bits per heavy atom. The molecule has 7 aromatic rings. The van der Waals surface area contributed by atoms with Gasteiger partial charge in [0.2, 0.25) is 0 Å². The smallest absolute Gasteiger partial charge is 0.0622 e. The van der Waals surface area contributed by atoms with E-state index in [1.54, 1.807) is 0 Å². The Balaban J connectivity index is 1.95. The van der Waals surface area contributed by atoms with Crippen molar-refractivity contribution in [3.8, 4) is 33.4 Å². The van der Waals surface area contributed by atoms with Gasteiger partial charge < -0.3 is 0 Å². The second-order valence-corrected chi connectivity index (χ2v) is 7.58. The summed E-state index contributed by atoms with van der Waals surface area (Å²) in [6, 6.07) is -18.9. The number of hydrogen-bond donors (Lipinski definition) is 0. The quantitative estimate of drug-likeness (QED) is 0.221. The molecule has 168 valence electrons. The Labute approximate surface area is 243 Å². The molecular weight excluding hydrogens is 432 g/mol. The van der Waals surface area contributed by atoms with Crippen LogP contribution in [0.1, 0.15) is 31.5 Å². The molecule has 0 nitrogen and oxygen atoms in total. The van der Waals surface area contributed by atoms with E-state index in [1.807, 2.05) is 0 Å². The predicted molar refractivity (Wildman–Crippen MR) is 155 cm³/mol. The van der Waals surface area contributed by atoms with Gasteiger partial charge in [-0.15, -0.1) is 0 Å². The second-order valence-electron chi connectivity index (χ2n) is 7.58. The lowest BCUT2D eigenvalue weighted by atomic mass is 9.84. The van der Waals surface area contributed by atoms with Crippen LogP contribution in [0.25, 0.3) is 65.7 Å². The molecule has 0 radical (unpaired) electrons. The van der Waals surface area contributed by atoms with Gasteiger partial charge in [0.25, 0.3) is 0 Å². The Morgan fingerprint density at radius 3 is 1.53 bits per heavy atom. The van der Waals surface area contributed by atoms with Crippen molar-refractivity contribution in [1.82, 2.24) is 0 Å². The van der Waals surface area contributed by atoms with Gasteiger partial charge in [0.05, 0.1) is 31.5 Å². The summed E-state index contributed by atoms with van der Waals surface area (Å²) in [7, 11) is 0. The fraction of sp³-hybridized carbons (Fsp3) is 0. The zero-order valence-electron chi connectivity index (χ0n) is 41.1. The van der Waals surface area contributed by atoms with Crippen LogP contribution < -0.4 is 0 Å². The summed E-state index contributed by atoms with van der Waals surface area (Å²) < 4.78 is 202. The first-order chi connectivity index (χ1) is 27.4. The minimum Gasteiger partial charge on any atom is -0.0622 e. The standard InChI is InChI=1S/C36H24/c1-3-13-26(14-4-1)35-31-19-9-10-20-32(31)36(27-15-5-2-6-16-27)34-24-28(22-23-33(34)35)30-21-11-17-25-12-7-8-18-29(25)30/h1-24H/i1D,2D,3D,4D,5D,6D,7D,8D,9D,10D,11D,12D,13D,14D,15D,16D,17D,18D,19D,20D,22D,23D,24D. The summed E-state index contributed by atoms with van der Waals surface area (Å²) in [5.74, 6) is 0. The molecule has 0 heteroatoms. The molecule has 7 aromatic carbocycles. The fourth-order valence-corrected chi connectivity index (χ4v) is 4.16. The van der Waals surface area contributed by atoms with E-state index in [1.165, 1.54) is 0 Å². The zero-order valence-corrected chi connectivity index (χ0v) is 18.1. The molecule has 0 heterocycles. The highest BCUT2D eigenvalue weighted by Crippen LogP contribution is 2.45. The van der Waals surface area contributed by atoms with Gasteiger partial charge in [0, 0.05) is 0 Å². The molecule has 0 amide bonds. The van der Waals surface area contributed by atoms with Gasteiger partial charge in [-0.3, -0.25) is 0 Å². The Bertz CT molecular complexity index is 3070. The maximum atomic E-state index is 9.85. The van der Waals surface area contributed by atoms with Gasteiger partial charge in [0.1, 0.15) is 0 Å². The van der Waals surface area contributed by atoms with Crippen LogP contribution in [-0.2, 0) is 0 Å². The van der Waals surface area contributed by atoms with E-state index in [-0.39, 0.29) is 0 Å². The Morgan fingerprint density at radius 2 is 0.861 bits per heavy atom. The van der Waals surface area contributed by atoms with Crippen LogP contribution >= 0.6 is 0 Å². The molecular formula is C36H24. The summed E-state index contributed by atoms with van der Waals surface area (Å²) in [4.78, 5) is 0. The molecule has 0 spiro atoms. The highest BCUT2D eigenvalue weighted by molar-refractivity contribution is 6.22. The first-order valence-corrected chi connectivity index (χ1v) is 10.6. The lowest BCUT2D eigenvalue weighted by Gasteiger charge is -2.19. The Kier molecular flexibility index (Phi) is 1.87. The molecule has 0 N–H and O–H groups in total. The van der Waals surface area contributed by atoms with Crippen molar-refractivity contribution in [2.24, 2.45) is 0 Å². The molecule has 36 heavy (non-hydrogen) atoms. The van der Waals surface area contributed by atoms with Crippen LogP contribution in [0.2, 0.25) is 0 Å². The monoisotopic (exact) mass is 479 g/mol. The average Bonchev–Trinajstić information content (AvgIpc) is 3.20. The highest BCUT2D eigenvalue weighted by atomic mass is 14.2. The van der Waals surface area contributed by atoms with Crippen LogP contribution in [0.3, 0.4) is 0 Å². The van der Waals surface area contributed by atoms with Gasteiger partial charge in [-0.25, -0.2) is 0 Å². The first-order valence-electron chi connectivity index (χ1n) is 22.1. The fourth-order valence-electron chi connectivity index (χ4n) is 4.16. The van der Waals surface area contributed by atoms with Crippen molar-refractivity contribution in [2.45, 2.75) is 0 Å². The largest absolute Gasteiger partial charge is 0.0636 e. The van der Waals surface area contributed by atoms with E-state index in [0.717, 1.165) is 6.07 Å². The first kappa shape index (κ1) is 7.91. The summed E-state index contributed by atoms with van der Waals surface area (Å²) in [5.41, 5.74) is -3.87. The molecule has 0 aliphatic heterocycles. The van der Waals surface area contributed by atoms with E-state index < -0.39 is 205 Å². The van der Waals surface area contributed by atoms with E-state index in [0.29, 0.717) is 0 Å². The van der Waals surface area contributed by atoms with Crippen molar-refractivity contribution in [1.29, 1.82) is 0 Å². The van der Waals surface area contributed by atoms with Gasteiger partial charge in [-0.2, -0.15) is 0 Å². The molecule has 0 aliphatic carbocycles. The summed E-state index contributed by atoms with van der Waals surface area (Å²) >= 11 is 0. The van der Waals surface area contributed by atoms with E-state index in [4.69, 9.17) is 26.0 Å². The normalized spacial score (nSPS) is 20.3. The van der Waals surface area contributed by atoms with Crippen molar-refractivity contribution >= 4 is 32.3 Å². The summed E-state index contributed by atoms with van der Waals surface area (Å²) in [6.45, 7) is 0. The molecule has 0 saturated carbocycles. The third-order valence-corrected chi connectivity index (χ3v) is 5.64. The molecule has 0 fully saturated rings. The summed E-state index contributed by atoms with van der Waals surface area (Å²) in [5, 5.41) is -3.58. The third kappa shape index (κ3) is 3.31. The van der Waals surface area contributed by atoms with Crippen molar-refractivity contribution in [2.75, 3.05) is 0 Å². The zero-order chi connectivity index (χ0) is 43.9. The van der Waals surface area contributed by atoms with Crippen LogP contribution in [0.5, 0.6) is 0 Å². The van der Waals surface area contributed by atoms with Crippen LogP contribution in [-0.4, -0.2) is 0 Å². The van der Waals surface area contributed by atoms with Gasteiger partial charge in [-0.1, -0.05) is 139 Å². The molecule has 0 aliphatic rings. The molecule has 0 unspecified atom stereocenters. The van der Waals surface area contributed by atoms with Crippen molar-refractivity contribution < 1.29 is 31.5 Å². The molecule has 0 saturated heterocycles. The van der Waals surface area contributed by atoms with E-state index in [2.05, 4.69) is 0 Å². The SMILES string of the molecule is [2H]c1cc(-c2c([2H])c([2H])c3c(-c4c([2H])c([2H])c([2H])c([2H])c4[2H])c4c([2H])c([2H])c([2H])c([2H])c4c(-c4c([2H])c([2H])c([2H])c([2H])c4[2H])c3c2[2H])c2c([2H])c([2H])c([2H])c([2H])c2c1[2H]. The molecule has 0 bridgehead atoms. The third-order valence-electron chi connectivity index (χ3n) is 5.64. The van der Waals surface area contributed by atoms with Crippen LogP contribution in [0, 0.1) is 0 Å². The number of hydrogen-bond acceptors (Lipinski definition) is 0. The van der Waals surface area contributed by atoms with Gasteiger partial charge in [-0.05, 0) is 71.7 Å². The molecule has 0 atom stereocenters. The number of rotatable bonds is 3. The predicted octanol–water partition coefficient (Wildman–Crippen LogP) is 10.1. The molecule has 0 aromatic heterocycles. The lowest BCUT2D eigenvalue weighted by molar-refractivity contribution is 1.64. The number of benzene rings is 7. The van der Waals surface area contributed by atoms with E-state index >= 15 is 0 Å². The molecule has 7 rings (SSSR count). The topological polar surface area (TPSA) is 0 Å².